The summed E-state index contributed by atoms with van der Waals surface area (Å²) in [5.41, 5.74) is 7.05. The van der Waals surface area contributed by atoms with E-state index in [0.29, 0.717) is 11.9 Å². The SMILES string of the molecule is NCCCCc1ccc2[nH]ccc2c1F. The molecule has 0 radical (unpaired) electrons. The van der Waals surface area contributed by atoms with Crippen molar-refractivity contribution in [2.75, 3.05) is 6.54 Å². The zero-order valence-corrected chi connectivity index (χ0v) is 8.59. The Kier molecular flexibility index (Phi) is 3.02. The fourth-order valence-corrected chi connectivity index (χ4v) is 1.79. The molecule has 0 amide bonds. The van der Waals surface area contributed by atoms with Crippen molar-refractivity contribution in [2.24, 2.45) is 5.73 Å². The lowest BCUT2D eigenvalue weighted by Crippen LogP contribution is -2.00. The molecule has 1 aromatic carbocycles. The number of rotatable bonds is 4. The van der Waals surface area contributed by atoms with Gasteiger partial charge in [-0.1, -0.05) is 6.07 Å². The maximum Gasteiger partial charge on any atom is 0.135 e. The summed E-state index contributed by atoms with van der Waals surface area (Å²) in [7, 11) is 0. The number of fused-ring (bicyclic) bond motifs is 1. The molecule has 80 valence electrons. The number of H-pyrrole nitrogens is 1. The van der Waals surface area contributed by atoms with Crippen LogP contribution in [0.15, 0.2) is 24.4 Å². The number of nitrogens with one attached hydrogen (secondary N) is 1. The van der Waals surface area contributed by atoms with Gasteiger partial charge in [-0.25, -0.2) is 4.39 Å². The van der Waals surface area contributed by atoms with Crippen molar-refractivity contribution in [2.45, 2.75) is 19.3 Å². The summed E-state index contributed by atoms with van der Waals surface area (Å²) in [5, 5.41) is 0.681. The smallest absolute Gasteiger partial charge is 0.135 e. The van der Waals surface area contributed by atoms with Crippen molar-refractivity contribution in [3.63, 3.8) is 0 Å². The standard InChI is InChI=1S/C12H15FN2/c13-12-9(3-1-2-7-14)4-5-11-10(12)6-8-15-11/h4-6,8,15H,1-3,7,14H2. The van der Waals surface area contributed by atoms with Crippen LogP contribution in [0.2, 0.25) is 0 Å². The Balaban J connectivity index is 2.23. The van der Waals surface area contributed by atoms with Gasteiger partial charge in [0.1, 0.15) is 5.82 Å². The third-order valence-electron chi connectivity index (χ3n) is 2.65. The number of unbranched alkanes of at least 4 members (excludes halogenated alkanes) is 1. The average Bonchev–Trinajstić information content (AvgIpc) is 2.70. The molecule has 15 heavy (non-hydrogen) atoms. The molecule has 0 spiro atoms. The van der Waals surface area contributed by atoms with Crippen LogP contribution >= 0.6 is 0 Å². The van der Waals surface area contributed by atoms with E-state index in [-0.39, 0.29) is 5.82 Å². The number of hydrogen-bond acceptors (Lipinski definition) is 1. The van der Waals surface area contributed by atoms with Crippen molar-refractivity contribution in [1.29, 1.82) is 0 Å². The first-order chi connectivity index (χ1) is 7.33. The number of benzene rings is 1. The Morgan fingerprint density at radius 1 is 1.20 bits per heavy atom. The van der Waals surface area contributed by atoms with Crippen molar-refractivity contribution in [3.8, 4) is 0 Å². The van der Waals surface area contributed by atoms with Gasteiger partial charge >= 0.3 is 0 Å². The van der Waals surface area contributed by atoms with E-state index < -0.39 is 0 Å². The second-order valence-corrected chi connectivity index (χ2v) is 3.72. The zero-order valence-electron chi connectivity index (χ0n) is 8.59. The van der Waals surface area contributed by atoms with Gasteiger partial charge in [0.2, 0.25) is 0 Å². The molecule has 3 heteroatoms. The molecular formula is C12H15FN2. The van der Waals surface area contributed by atoms with Gasteiger partial charge < -0.3 is 10.7 Å². The number of halogens is 1. The summed E-state index contributed by atoms with van der Waals surface area (Å²) < 4.78 is 13.9. The summed E-state index contributed by atoms with van der Waals surface area (Å²) in [4.78, 5) is 2.99. The molecule has 1 heterocycles. The minimum Gasteiger partial charge on any atom is -0.361 e. The maximum atomic E-state index is 13.9. The van der Waals surface area contributed by atoms with Crippen LogP contribution in [-0.2, 0) is 6.42 Å². The van der Waals surface area contributed by atoms with Crippen molar-refractivity contribution in [3.05, 3.63) is 35.8 Å². The zero-order chi connectivity index (χ0) is 10.7. The molecule has 0 atom stereocenters. The average molecular weight is 206 g/mol. The van der Waals surface area contributed by atoms with Crippen LogP contribution in [0.3, 0.4) is 0 Å². The molecular weight excluding hydrogens is 191 g/mol. The molecule has 2 rings (SSSR count). The highest BCUT2D eigenvalue weighted by atomic mass is 19.1. The van der Waals surface area contributed by atoms with E-state index in [0.717, 1.165) is 30.3 Å². The van der Waals surface area contributed by atoms with Gasteiger partial charge in [0.25, 0.3) is 0 Å². The van der Waals surface area contributed by atoms with Gasteiger partial charge in [0.15, 0.2) is 0 Å². The molecule has 3 N–H and O–H groups in total. The number of hydrogen-bond donors (Lipinski definition) is 2. The molecule has 2 nitrogen and oxygen atoms in total. The summed E-state index contributed by atoms with van der Waals surface area (Å²) in [6.07, 6.45) is 4.43. The number of aryl methyl sites for hydroxylation is 1. The monoisotopic (exact) mass is 206 g/mol. The number of aromatic amines is 1. The van der Waals surface area contributed by atoms with Crippen LogP contribution in [0.5, 0.6) is 0 Å². The minimum absolute atomic E-state index is 0.0919. The van der Waals surface area contributed by atoms with Gasteiger partial charge in [0.05, 0.1) is 0 Å². The fraction of sp³-hybridized carbons (Fsp3) is 0.333. The molecule has 0 aliphatic rings. The van der Waals surface area contributed by atoms with Crippen molar-refractivity contribution in [1.82, 2.24) is 4.98 Å². The lowest BCUT2D eigenvalue weighted by Gasteiger charge is -2.03. The van der Waals surface area contributed by atoms with Crippen LogP contribution in [-0.4, -0.2) is 11.5 Å². The predicted molar refractivity (Wildman–Crippen MR) is 60.2 cm³/mol. The van der Waals surface area contributed by atoms with Crippen LogP contribution in [0, 0.1) is 5.82 Å². The molecule has 0 saturated carbocycles. The molecule has 1 aromatic heterocycles. The van der Waals surface area contributed by atoms with E-state index in [9.17, 15) is 4.39 Å². The van der Waals surface area contributed by atoms with Gasteiger partial charge in [-0.15, -0.1) is 0 Å². The van der Waals surface area contributed by atoms with Crippen molar-refractivity contribution < 1.29 is 4.39 Å². The van der Waals surface area contributed by atoms with Crippen LogP contribution < -0.4 is 5.73 Å². The molecule has 0 saturated heterocycles. The number of aromatic nitrogens is 1. The van der Waals surface area contributed by atoms with E-state index >= 15 is 0 Å². The first kappa shape index (κ1) is 10.2. The Hall–Kier alpha value is -1.35. The van der Waals surface area contributed by atoms with E-state index in [2.05, 4.69) is 4.98 Å². The second kappa shape index (κ2) is 4.45. The van der Waals surface area contributed by atoms with E-state index in [1.165, 1.54) is 0 Å². The summed E-state index contributed by atoms with van der Waals surface area (Å²) in [6, 6.07) is 5.55. The van der Waals surface area contributed by atoms with E-state index in [1.807, 2.05) is 12.1 Å². The van der Waals surface area contributed by atoms with Crippen LogP contribution in [0.1, 0.15) is 18.4 Å². The topological polar surface area (TPSA) is 41.8 Å². The Bertz CT molecular complexity index is 448. The Morgan fingerprint density at radius 3 is 2.87 bits per heavy atom. The van der Waals surface area contributed by atoms with Gasteiger partial charge in [-0.05, 0) is 43.5 Å². The molecule has 0 aliphatic heterocycles. The lowest BCUT2D eigenvalue weighted by molar-refractivity contribution is 0.612. The predicted octanol–water partition coefficient (Wildman–Crippen LogP) is 2.59. The van der Waals surface area contributed by atoms with Gasteiger partial charge in [-0.2, -0.15) is 0 Å². The minimum atomic E-state index is -0.0919. The number of nitrogens with two attached hydrogens (primary N) is 1. The molecule has 2 aromatic rings. The highest BCUT2D eigenvalue weighted by Gasteiger charge is 2.07. The van der Waals surface area contributed by atoms with Gasteiger partial charge in [0, 0.05) is 17.1 Å². The Labute approximate surface area is 88.3 Å². The highest BCUT2D eigenvalue weighted by Crippen LogP contribution is 2.21. The van der Waals surface area contributed by atoms with Gasteiger partial charge in [-0.3, -0.25) is 0 Å². The van der Waals surface area contributed by atoms with E-state index in [1.54, 1.807) is 12.3 Å². The second-order valence-electron chi connectivity index (χ2n) is 3.72. The summed E-state index contributed by atoms with van der Waals surface area (Å²) in [6.45, 7) is 0.675. The van der Waals surface area contributed by atoms with Crippen LogP contribution in [0.4, 0.5) is 4.39 Å². The molecule has 0 bridgehead atoms. The fourth-order valence-electron chi connectivity index (χ4n) is 1.79. The summed E-state index contributed by atoms with van der Waals surface area (Å²) in [5.74, 6) is -0.0919. The first-order valence-electron chi connectivity index (χ1n) is 5.27. The van der Waals surface area contributed by atoms with Crippen LogP contribution in [0.25, 0.3) is 10.9 Å². The molecule has 0 unspecified atom stereocenters. The maximum absolute atomic E-state index is 13.9. The molecule has 0 fully saturated rings. The van der Waals surface area contributed by atoms with E-state index in [4.69, 9.17) is 5.73 Å². The largest absolute Gasteiger partial charge is 0.361 e. The lowest BCUT2D eigenvalue weighted by atomic mass is 10.1. The third kappa shape index (κ3) is 2.02. The normalized spacial score (nSPS) is 11.1. The molecule has 0 aliphatic carbocycles. The third-order valence-corrected chi connectivity index (χ3v) is 2.65. The summed E-state index contributed by atoms with van der Waals surface area (Å²) >= 11 is 0. The first-order valence-corrected chi connectivity index (χ1v) is 5.27. The van der Waals surface area contributed by atoms with Crippen molar-refractivity contribution >= 4 is 10.9 Å². The highest BCUT2D eigenvalue weighted by molar-refractivity contribution is 5.80. The quantitative estimate of drug-likeness (QED) is 0.742. The Morgan fingerprint density at radius 2 is 2.07 bits per heavy atom.